The minimum atomic E-state index is 0.839. The lowest BCUT2D eigenvalue weighted by atomic mass is 9.94. The molecular weight excluding hydrogens is 761 g/mol. The van der Waals surface area contributed by atoms with Gasteiger partial charge in [0.2, 0.25) is 0 Å². The van der Waals surface area contributed by atoms with Crippen molar-refractivity contribution in [1.82, 2.24) is 4.98 Å². The van der Waals surface area contributed by atoms with Gasteiger partial charge >= 0.3 is 0 Å². The highest BCUT2D eigenvalue weighted by Gasteiger charge is 2.19. The van der Waals surface area contributed by atoms with Gasteiger partial charge in [0.25, 0.3) is 0 Å². The molecule has 0 amide bonds. The van der Waals surface area contributed by atoms with Gasteiger partial charge in [0, 0.05) is 58.2 Å². The average molecular weight is 799 g/mol. The van der Waals surface area contributed by atoms with Crippen molar-refractivity contribution in [3.8, 4) is 11.1 Å². The average Bonchev–Trinajstić information content (AvgIpc) is 3.88. The Labute approximate surface area is 357 Å². The van der Waals surface area contributed by atoms with Crippen LogP contribution in [0.15, 0.2) is 216 Å². The third-order valence-electron chi connectivity index (χ3n) is 11.7. The fraction of sp³-hybridized carbons (Fsp3) is 0.0175. The van der Waals surface area contributed by atoms with Crippen LogP contribution in [0.1, 0.15) is 29.3 Å². The Balaban J connectivity index is 1.04. The molecular formula is C57H38N2OS. The maximum atomic E-state index is 6.48. The molecule has 4 heterocycles. The molecule has 0 N–H and O–H groups in total. The van der Waals surface area contributed by atoms with Gasteiger partial charge < -0.3 is 4.42 Å². The van der Waals surface area contributed by atoms with E-state index in [-0.39, 0.29) is 0 Å². The highest BCUT2D eigenvalue weighted by atomic mass is 32.1. The largest absolute Gasteiger partial charge is 0.455 e. The zero-order valence-corrected chi connectivity index (χ0v) is 34.3. The van der Waals surface area contributed by atoms with Gasteiger partial charge in [-0.25, -0.2) is 9.98 Å². The fourth-order valence-corrected chi connectivity index (χ4v) is 9.81. The lowest BCUT2D eigenvalue weighted by molar-refractivity contribution is 0.668. The Bertz CT molecular complexity index is 3590. The van der Waals surface area contributed by atoms with Crippen LogP contribution < -0.4 is 0 Å². The van der Waals surface area contributed by atoms with Crippen molar-refractivity contribution in [1.29, 1.82) is 0 Å². The zero-order valence-electron chi connectivity index (χ0n) is 33.5. The lowest BCUT2D eigenvalue weighted by Crippen LogP contribution is -2.00. The third kappa shape index (κ3) is 6.37. The SMILES string of the molecule is C=C/C=C\C(=C/C)c1nc2ccccc2c2c1ccc1sc3ccc(-c4ccc(C5=C/C(c6ccccc6)=C/C=C/C(c6cccc7c6oc6ccccc67)=N\5)cc4)cc3c12. The Hall–Kier alpha value is -7.66. The second-order valence-electron chi connectivity index (χ2n) is 15.2. The number of pyridine rings is 1. The molecule has 0 atom stereocenters. The van der Waals surface area contributed by atoms with Gasteiger partial charge in [-0.05, 0) is 83.3 Å². The minimum absolute atomic E-state index is 0.839. The number of furan rings is 1. The summed E-state index contributed by atoms with van der Waals surface area (Å²) in [6.07, 6.45) is 16.6. The molecule has 3 aromatic heterocycles. The summed E-state index contributed by atoms with van der Waals surface area (Å²) >= 11 is 1.84. The van der Waals surface area contributed by atoms with Crippen molar-refractivity contribution in [2.75, 3.05) is 0 Å². The molecule has 7 aromatic carbocycles. The molecule has 3 nitrogen and oxygen atoms in total. The summed E-state index contributed by atoms with van der Waals surface area (Å²) in [5.74, 6) is 0. The van der Waals surface area contributed by atoms with E-state index in [4.69, 9.17) is 14.4 Å². The van der Waals surface area contributed by atoms with Gasteiger partial charge in [-0.15, -0.1) is 11.3 Å². The van der Waals surface area contributed by atoms with E-state index in [2.05, 4.69) is 189 Å². The van der Waals surface area contributed by atoms with Gasteiger partial charge in [-0.2, -0.15) is 0 Å². The van der Waals surface area contributed by atoms with Crippen LogP contribution in [-0.4, -0.2) is 10.7 Å². The summed E-state index contributed by atoms with van der Waals surface area (Å²) in [7, 11) is 0. The normalized spacial score (nSPS) is 16.7. The molecule has 4 heteroatoms. The molecule has 0 bridgehead atoms. The van der Waals surface area contributed by atoms with E-state index < -0.39 is 0 Å². The first-order chi connectivity index (χ1) is 30.1. The van der Waals surface area contributed by atoms with E-state index in [1.54, 1.807) is 0 Å². The number of para-hydroxylation sites is 3. The number of hydrogen-bond acceptors (Lipinski definition) is 4. The van der Waals surface area contributed by atoms with E-state index >= 15 is 0 Å². The van der Waals surface area contributed by atoms with Crippen molar-refractivity contribution in [3.63, 3.8) is 0 Å². The predicted molar refractivity (Wildman–Crippen MR) is 262 cm³/mol. The molecule has 0 aliphatic carbocycles. The molecule has 61 heavy (non-hydrogen) atoms. The summed E-state index contributed by atoms with van der Waals surface area (Å²) in [6.45, 7) is 5.97. The fourth-order valence-electron chi connectivity index (χ4n) is 8.72. The quantitative estimate of drug-likeness (QED) is 0.119. The van der Waals surface area contributed by atoms with E-state index in [0.717, 1.165) is 94.3 Å². The molecule has 0 unspecified atom stereocenters. The second-order valence-corrected chi connectivity index (χ2v) is 16.3. The van der Waals surface area contributed by atoms with Crippen LogP contribution in [0.25, 0.3) is 91.8 Å². The van der Waals surface area contributed by atoms with Crippen molar-refractivity contribution in [2.45, 2.75) is 6.92 Å². The summed E-state index contributed by atoms with van der Waals surface area (Å²) in [4.78, 5) is 10.6. The van der Waals surface area contributed by atoms with Crippen molar-refractivity contribution < 1.29 is 4.42 Å². The summed E-state index contributed by atoms with van der Waals surface area (Å²) in [6, 6.07) is 53.8. The Morgan fingerprint density at radius 1 is 0.639 bits per heavy atom. The Kier molecular flexibility index (Phi) is 9.06. The van der Waals surface area contributed by atoms with Crippen LogP contribution in [0.4, 0.5) is 0 Å². The van der Waals surface area contributed by atoms with Crippen LogP contribution in [0.2, 0.25) is 0 Å². The van der Waals surface area contributed by atoms with Gasteiger partial charge in [0.05, 0.1) is 22.6 Å². The number of rotatable bonds is 7. The van der Waals surface area contributed by atoms with E-state index in [1.807, 2.05) is 35.6 Å². The first kappa shape index (κ1) is 36.4. The summed E-state index contributed by atoms with van der Waals surface area (Å²) in [5.41, 5.74) is 13.0. The summed E-state index contributed by atoms with van der Waals surface area (Å²) < 4.78 is 9.00. The molecule has 1 aliphatic heterocycles. The second kappa shape index (κ2) is 15.2. The number of fused-ring (bicyclic) bond motifs is 10. The Morgan fingerprint density at radius 2 is 1.39 bits per heavy atom. The number of aromatic nitrogens is 1. The van der Waals surface area contributed by atoms with E-state index in [9.17, 15) is 0 Å². The monoisotopic (exact) mass is 798 g/mol. The third-order valence-corrected chi connectivity index (χ3v) is 12.8. The number of aliphatic imine (C=N–C) groups is 1. The number of nitrogens with zero attached hydrogens (tertiary/aromatic N) is 2. The highest BCUT2D eigenvalue weighted by molar-refractivity contribution is 7.26. The zero-order chi connectivity index (χ0) is 40.9. The molecule has 0 fully saturated rings. The van der Waals surface area contributed by atoms with E-state index in [1.165, 1.54) is 25.6 Å². The van der Waals surface area contributed by atoms with Crippen LogP contribution in [0, 0.1) is 0 Å². The molecule has 11 rings (SSSR count). The number of hydrogen-bond donors (Lipinski definition) is 0. The van der Waals surface area contributed by atoms with Crippen molar-refractivity contribution in [3.05, 3.63) is 229 Å². The van der Waals surface area contributed by atoms with E-state index in [0.29, 0.717) is 0 Å². The smallest absolute Gasteiger partial charge is 0.144 e. The first-order valence-corrected chi connectivity index (χ1v) is 21.4. The minimum Gasteiger partial charge on any atom is -0.455 e. The maximum absolute atomic E-state index is 6.48. The highest BCUT2D eigenvalue weighted by Crippen LogP contribution is 2.44. The molecule has 288 valence electrons. The molecule has 0 spiro atoms. The topological polar surface area (TPSA) is 38.4 Å². The number of allylic oxidation sites excluding steroid dienone is 10. The number of thiophene rings is 1. The maximum Gasteiger partial charge on any atom is 0.144 e. The molecule has 10 aromatic rings. The first-order valence-electron chi connectivity index (χ1n) is 20.5. The van der Waals surface area contributed by atoms with Crippen molar-refractivity contribution >= 4 is 97.7 Å². The molecule has 0 saturated heterocycles. The van der Waals surface area contributed by atoms with Gasteiger partial charge in [-0.3, -0.25) is 0 Å². The van der Waals surface area contributed by atoms with Crippen LogP contribution in [-0.2, 0) is 0 Å². The van der Waals surface area contributed by atoms with Crippen LogP contribution in [0.5, 0.6) is 0 Å². The Morgan fingerprint density at radius 3 is 2.25 bits per heavy atom. The van der Waals surface area contributed by atoms with Crippen molar-refractivity contribution in [2.24, 2.45) is 4.99 Å². The van der Waals surface area contributed by atoms with Crippen LogP contribution >= 0.6 is 11.3 Å². The molecule has 1 aliphatic rings. The summed E-state index contributed by atoms with van der Waals surface area (Å²) in [5, 5.41) is 8.25. The standard InChI is InChI=1S/C57H38N2OS/c1-3-5-15-36(4-2)56-46-31-33-53-55(54(46)44-20-9-11-23-48(44)59-56)47-34-41(30-32-52(47)61-53)38-26-28-39(29-27-38)50-35-40(37-16-7-6-8-17-37)18-13-24-49(58-50)45-22-14-21-43-42-19-10-12-25-51(42)60-57(43)45/h3-35H,1H2,2H3/b15-5-,18-13?,24-13+,36-4+,40-18-,40-35?,49-24?,50-35-,58-49+,58-50?. The molecule has 0 radical (unpaired) electrons. The van der Waals surface area contributed by atoms with Gasteiger partial charge in [-0.1, -0.05) is 158 Å². The van der Waals surface area contributed by atoms with Gasteiger partial charge in [0.1, 0.15) is 11.2 Å². The lowest BCUT2D eigenvalue weighted by Gasteiger charge is -2.13. The molecule has 0 saturated carbocycles. The predicted octanol–water partition coefficient (Wildman–Crippen LogP) is 16.0. The van der Waals surface area contributed by atoms with Gasteiger partial charge in [0.15, 0.2) is 0 Å². The van der Waals surface area contributed by atoms with Crippen LogP contribution in [0.3, 0.4) is 0 Å². The number of benzene rings is 7.